The van der Waals surface area contributed by atoms with Gasteiger partial charge in [-0.3, -0.25) is 0 Å². The Bertz CT molecular complexity index is 601. The van der Waals surface area contributed by atoms with Crippen LogP contribution < -0.4 is 4.74 Å². The molecule has 0 amide bonds. The third kappa shape index (κ3) is 3.10. The van der Waals surface area contributed by atoms with E-state index in [1.54, 1.807) is 26.2 Å². The Morgan fingerprint density at radius 2 is 1.95 bits per heavy atom. The van der Waals surface area contributed by atoms with Crippen LogP contribution in [-0.4, -0.2) is 7.11 Å². The van der Waals surface area contributed by atoms with Crippen LogP contribution in [0.25, 0.3) is 0 Å². The molecule has 0 heterocycles. The van der Waals surface area contributed by atoms with Crippen molar-refractivity contribution in [3.05, 3.63) is 63.4 Å². The average molecular weight is 344 g/mol. The van der Waals surface area contributed by atoms with E-state index in [4.69, 9.17) is 16.3 Å². The normalized spacial score (nSPS) is 12.3. The van der Waals surface area contributed by atoms with E-state index in [1.165, 1.54) is 6.07 Å². The molecule has 2 aromatic rings. The third-order valence-electron chi connectivity index (χ3n) is 2.94. The molecule has 0 aliphatic carbocycles. The number of rotatable bonds is 3. The molecular weight excluding hydrogens is 331 g/mol. The summed E-state index contributed by atoms with van der Waals surface area (Å²) in [7, 11) is 1.60. The lowest BCUT2D eigenvalue weighted by atomic mass is 10.0. The van der Waals surface area contributed by atoms with Crippen molar-refractivity contribution in [3.8, 4) is 5.75 Å². The molecule has 19 heavy (non-hydrogen) atoms. The van der Waals surface area contributed by atoms with Gasteiger partial charge in [0.25, 0.3) is 0 Å². The van der Waals surface area contributed by atoms with Gasteiger partial charge in [0, 0.05) is 10.0 Å². The highest BCUT2D eigenvalue weighted by Crippen LogP contribution is 2.37. The fraction of sp³-hybridized carbons (Fsp3) is 0.200. The van der Waals surface area contributed by atoms with Crippen LogP contribution in [0.3, 0.4) is 0 Å². The number of aryl methyl sites for hydroxylation is 1. The maximum Gasteiger partial charge on any atom is 0.126 e. The molecule has 0 N–H and O–H groups in total. The van der Waals surface area contributed by atoms with Gasteiger partial charge in [-0.15, -0.1) is 11.6 Å². The number of alkyl halides is 1. The van der Waals surface area contributed by atoms with Gasteiger partial charge in [0.05, 0.1) is 12.5 Å². The second-order valence-corrected chi connectivity index (χ2v) is 5.61. The van der Waals surface area contributed by atoms with Crippen LogP contribution in [0.4, 0.5) is 4.39 Å². The van der Waals surface area contributed by atoms with Crippen molar-refractivity contribution in [3.63, 3.8) is 0 Å². The summed E-state index contributed by atoms with van der Waals surface area (Å²) in [6.07, 6.45) is 0. The summed E-state index contributed by atoms with van der Waals surface area (Å²) in [6.45, 7) is 1.72. The second-order valence-electron chi connectivity index (χ2n) is 4.26. The molecule has 0 aromatic heterocycles. The minimum absolute atomic E-state index is 0.228. The summed E-state index contributed by atoms with van der Waals surface area (Å²) in [5, 5.41) is -0.383. The first kappa shape index (κ1) is 14.4. The molecule has 0 radical (unpaired) electrons. The molecule has 2 rings (SSSR count). The van der Waals surface area contributed by atoms with Crippen molar-refractivity contribution in [2.75, 3.05) is 7.11 Å². The van der Waals surface area contributed by atoms with Crippen molar-refractivity contribution in [1.82, 2.24) is 0 Å². The van der Waals surface area contributed by atoms with E-state index in [-0.39, 0.29) is 11.2 Å². The molecular formula is C15H13BrClFO. The topological polar surface area (TPSA) is 9.23 Å². The molecule has 0 spiro atoms. The van der Waals surface area contributed by atoms with Gasteiger partial charge in [-0.05, 0) is 42.3 Å². The van der Waals surface area contributed by atoms with Gasteiger partial charge in [-0.1, -0.05) is 28.1 Å². The van der Waals surface area contributed by atoms with E-state index >= 15 is 0 Å². The first-order valence-electron chi connectivity index (χ1n) is 5.76. The standard InChI is InChI=1S/C15H13BrClFO/c1-9-7-10(3-5-13(9)18)15(17)12-8-11(16)4-6-14(12)19-2/h3-8,15H,1-2H3. The zero-order chi connectivity index (χ0) is 14.0. The molecule has 1 atom stereocenters. The monoisotopic (exact) mass is 342 g/mol. The van der Waals surface area contributed by atoms with Crippen LogP contribution in [0.5, 0.6) is 5.75 Å². The van der Waals surface area contributed by atoms with Crippen molar-refractivity contribution >= 4 is 27.5 Å². The van der Waals surface area contributed by atoms with Gasteiger partial charge in [0.1, 0.15) is 11.6 Å². The van der Waals surface area contributed by atoms with E-state index in [1.807, 2.05) is 18.2 Å². The van der Waals surface area contributed by atoms with Gasteiger partial charge in [-0.2, -0.15) is 0 Å². The summed E-state index contributed by atoms with van der Waals surface area (Å²) in [4.78, 5) is 0. The molecule has 0 bridgehead atoms. The predicted molar refractivity (Wildman–Crippen MR) is 79.5 cm³/mol. The number of hydrogen-bond donors (Lipinski definition) is 0. The van der Waals surface area contributed by atoms with E-state index in [0.29, 0.717) is 11.3 Å². The first-order valence-corrected chi connectivity index (χ1v) is 6.99. The minimum Gasteiger partial charge on any atom is -0.496 e. The van der Waals surface area contributed by atoms with Crippen molar-refractivity contribution < 1.29 is 9.13 Å². The van der Waals surface area contributed by atoms with E-state index in [2.05, 4.69) is 15.9 Å². The van der Waals surface area contributed by atoms with Gasteiger partial charge < -0.3 is 4.74 Å². The van der Waals surface area contributed by atoms with Crippen LogP contribution in [0.2, 0.25) is 0 Å². The largest absolute Gasteiger partial charge is 0.496 e. The summed E-state index contributed by atoms with van der Waals surface area (Å²) >= 11 is 9.91. The molecule has 0 aliphatic heterocycles. The number of benzene rings is 2. The SMILES string of the molecule is COc1ccc(Br)cc1C(Cl)c1ccc(F)c(C)c1. The fourth-order valence-electron chi connectivity index (χ4n) is 1.91. The molecule has 1 nitrogen and oxygen atoms in total. The van der Waals surface area contributed by atoms with E-state index < -0.39 is 0 Å². The van der Waals surface area contributed by atoms with Crippen LogP contribution in [0.1, 0.15) is 22.1 Å². The predicted octanol–water partition coefficient (Wildman–Crippen LogP) is 5.23. The van der Waals surface area contributed by atoms with Gasteiger partial charge in [-0.25, -0.2) is 4.39 Å². The van der Waals surface area contributed by atoms with Gasteiger partial charge in [0.2, 0.25) is 0 Å². The minimum atomic E-state index is -0.383. The lowest BCUT2D eigenvalue weighted by molar-refractivity contribution is 0.410. The maximum absolute atomic E-state index is 13.3. The highest BCUT2D eigenvalue weighted by atomic mass is 79.9. The van der Waals surface area contributed by atoms with Gasteiger partial charge >= 0.3 is 0 Å². The Kier molecular flexibility index (Phi) is 4.48. The van der Waals surface area contributed by atoms with Crippen LogP contribution in [0.15, 0.2) is 40.9 Å². The van der Waals surface area contributed by atoms with E-state index in [9.17, 15) is 4.39 Å². The van der Waals surface area contributed by atoms with Crippen LogP contribution in [0, 0.1) is 12.7 Å². The molecule has 2 aromatic carbocycles. The smallest absolute Gasteiger partial charge is 0.126 e. The average Bonchev–Trinajstić information content (AvgIpc) is 2.41. The van der Waals surface area contributed by atoms with Crippen LogP contribution in [-0.2, 0) is 0 Å². The number of halogens is 3. The quantitative estimate of drug-likeness (QED) is 0.693. The Balaban J connectivity index is 2.45. The van der Waals surface area contributed by atoms with Crippen molar-refractivity contribution in [2.24, 2.45) is 0 Å². The molecule has 100 valence electrons. The summed E-state index contributed by atoms with van der Waals surface area (Å²) < 4.78 is 19.5. The number of ether oxygens (including phenoxy) is 1. The molecule has 0 saturated heterocycles. The van der Waals surface area contributed by atoms with Crippen molar-refractivity contribution in [1.29, 1.82) is 0 Å². The maximum atomic E-state index is 13.3. The molecule has 0 saturated carbocycles. The molecule has 4 heteroatoms. The lowest BCUT2D eigenvalue weighted by Gasteiger charge is -2.15. The number of methoxy groups -OCH3 is 1. The zero-order valence-electron chi connectivity index (χ0n) is 10.6. The second kappa shape index (κ2) is 5.93. The third-order valence-corrected chi connectivity index (χ3v) is 3.92. The summed E-state index contributed by atoms with van der Waals surface area (Å²) in [5.41, 5.74) is 2.28. The lowest BCUT2D eigenvalue weighted by Crippen LogP contribution is -1.98. The highest BCUT2D eigenvalue weighted by molar-refractivity contribution is 9.10. The van der Waals surface area contributed by atoms with Crippen LogP contribution >= 0.6 is 27.5 Å². The molecule has 1 unspecified atom stereocenters. The zero-order valence-corrected chi connectivity index (χ0v) is 12.9. The number of hydrogen-bond acceptors (Lipinski definition) is 1. The molecule has 0 fully saturated rings. The Hall–Kier alpha value is -1.06. The Morgan fingerprint density at radius 3 is 2.58 bits per heavy atom. The Morgan fingerprint density at radius 1 is 1.21 bits per heavy atom. The molecule has 0 aliphatic rings. The summed E-state index contributed by atoms with van der Waals surface area (Å²) in [5.74, 6) is 0.485. The highest BCUT2D eigenvalue weighted by Gasteiger charge is 2.17. The Labute approximate surface area is 125 Å². The fourth-order valence-corrected chi connectivity index (χ4v) is 2.59. The van der Waals surface area contributed by atoms with Crippen molar-refractivity contribution in [2.45, 2.75) is 12.3 Å². The van der Waals surface area contributed by atoms with E-state index in [0.717, 1.165) is 15.6 Å². The summed E-state index contributed by atoms with van der Waals surface area (Å²) in [6, 6.07) is 10.5. The van der Waals surface area contributed by atoms with Gasteiger partial charge in [0.15, 0.2) is 0 Å². The first-order chi connectivity index (χ1) is 9.02.